The van der Waals surface area contributed by atoms with E-state index in [0.717, 1.165) is 0 Å². The van der Waals surface area contributed by atoms with Crippen molar-refractivity contribution in [3.63, 3.8) is 0 Å². The van der Waals surface area contributed by atoms with E-state index >= 15 is 0 Å². The van der Waals surface area contributed by atoms with Crippen LogP contribution in [0.5, 0.6) is 0 Å². The second-order valence-electron chi connectivity index (χ2n) is 3.77. The van der Waals surface area contributed by atoms with E-state index in [1.807, 2.05) is 0 Å². The van der Waals surface area contributed by atoms with Crippen LogP contribution in [0.2, 0.25) is 0 Å². The first-order chi connectivity index (χ1) is 10.2. The van der Waals surface area contributed by atoms with Crippen LogP contribution in [0.1, 0.15) is 0 Å². The Morgan fingerprint density at radius 3 is 0.958 bits per heavy atom. The van der Waals surface area contributed by atoms with Crippen LogP contribution < -0.4 is 0 Å². The van der Waals surface area contributed by atoms with Gasteiger partial charge in [0.15, 0.2) is 0 Å². The summed E-state index contributed by atoms with van der Waals surface area (Å²) >= 11 is 0. The van der Waals surface area contributed by atoms with Crippen molar-refractivity contribution in [3.05, 3.63) is 0 Å². The summed E-state index contributed by atoms with van der Waals surface area (Å²) in [4.78, 5) is 0. The summed E-state index contributed by atoms with van der Waals surface area (Å²) in [7, 11) is -6.65. The smallest absolute Gasteiger partial charge is 0.290 e. The molecule has 17 heteroatoms. The van der Waals surface area contributed by atoms with E-state index in [9.17, 15) is 57.3 Å². The highest BCUT2D eigenvalue weighted by Crippen LogP contribution is 2.57. The lowest BCUT2D eigenvalue weighted by Crippen LogP contribution is -2.46. The van der Waals surface area contributed by atoms with Gasteiger partial charge in [-0.1, -0.05) is 0 Å². The van der Waals surface area contributed by atoms with Crippen LogP contribution in [-0.4, -0.2) is 44.0 Å². The molecule has 0 spiro atoms. The normalized spacial score (nSPS) is 15.5. The zero-order valence-electron chi connectivity index (χ0n) is 10.8. The summed E-state index contributed by atoms with van der Waals surface area (Å²) in [5, 5.41) is 0. The molecule has 146 valence electrons. The number of halogens is 12. The van der Waals surface area contributed by atoms with Gasteiger partial charge in [-0.3, -0.25) is 13.6 Å². The maximum Gasteiger partial charge on any atom is 0.476 e. The lowest BCUT2D eigenvalue weighted by molar-refractivity contribution is -0.317. The lowest BCUT2D eigenvalue weighted by atomic mass is 10.3. The van der Waals surface area contributed by atoms with Gasteiger partial charge in [0.2, 0.25) is 0 Å². The molecule has 0 aromatic rings. The molecule has 0 bridgehead atoms. The highest BCUT2D eigenvalue weighted by Gasteiger charge is 2.65. The van der Waals surface area contributed by atoms with Gasteiger partial charge in [0, 0.05) is 7.11 Å². The third-order valence-corrected chi connectivity index (χ3v) is 3.27. The summed E-state index contributed by atoms with van der Waals surface area (Å²) in [6.07, 6.45) is -35.6. The Morgan fingerprint density at radius 2 is 0.833 bits per heavy atom. The Hall–Kier alpha value is -0.730. The van der Waals surface area contributed by atoms with E-state index in [1.54, 1.807) is 0 Å². The quantitative estimate of drug-likeness (QED) is 0.483. The van der Waals surface area contributed by atoms with Crippen LogP contribution >= 0.6 is 7.82 Å². The van der Waals surface area contributed by atoms with Crippen molar-refractivity contribution >= 4 is 7.82 Å². The van der Waals surface area contributed by atoms with E-state index in [0.29, 0.717) is 0 Å². The van der Waals surface area contributed by atoms with Gasteiger partial charge in [-0.15, -0.1) is 0 Å². The van der Waals surface area contributed by atoms with Gasteiger partial charge in [0.05, 0.1) is 0 Å². The summed E-state index contributed by atoms with van der Waals surface area (Å²) in [5.41, 5.74) is 0. The van der Waals surface area contributed by atoms with Gasteiger partial charge >= 0.3 is 32.5 Å². The van der Waals surface area contributed by atoms with E-state index < -0.39 is 44.7 Å². The fourth-order valence-electron chi connectivity index (χ4n) is 0.979. The standard InChI is InChI=1S/C7H5F12O4P/c1-21-24(20,22-2(4(8,9)10)5(11,12)13)23-3(6(14,15)16)7(17,18)19/h2-3H,1H3. The fraction of sp³-hybridized carbons (Fsp3) is 1.00. The Balaban J connectivity index is 5.74. The van der Waals surface area contributed by atoms with Crippen molar-refractivity contribution < 1.29 is 70.8 Å². The van der Waals surface area contributed by atoms with E-state index in [1.165, 1.54) is 0 Å². The van der Waals surface area contributed by atoms with Crippen molar-refractivity contribution in [2.24, 2.45) is 0 Å². The van der Waals surface area contributed by atoms with Crippen molar-refractivity contribution in [1.82, 2.24) is 0 Å². The fourth-order valence-corrected chi connectivity index (χ4v) is 2.20. The maximum atomic E-state index is 12.2. The van der Waals surface area contributed by atoms with Crippen LogP contribution in [0, 0.1) is 0 Å². The Kier molecular flexibility index (Phi) is 6.67. The molecule has 4 nitrogen and oxygen atoms in total. The molecular weight excluding hydrogens is 407 g/mol. The number of rotatable bonds is 5. The first-order valence-corrected chi connectivity index (χ1v) is 6.49. The maximum absolute atomic E-state index is 12.2. The molecule has 0 aliphatic rings. The van der Waals surface area contributed by atoms with Crippen molar-refractivity contribution in [2.75, 3.05) is 7.11 Å². The molecule has 0 amide bonds. The predicted molar refractivity (Wildman–Crippen MR) is 48.6 cm³/mol. The number of alkyl halides is 12. The van der Waals surface area contributed by atoms with Gasteiger partial charge in [-0.25, -0.2) is 4.57 Å². The molecule has 0 aromatic carbocycles. The second-order valence-corrected chi connectivity index (χ2v) is 5.45. The molecule has 0 N–H and O–H groups in total. The Bertz CT molecular complexity index is 396. The number of hydrogen-bond donors (Lipinski definition) is 0. The highest BCUT2D eigenvalue weighted by molar-refractivity contribution is 7.48. The van der Waals surface area contributed by atoms with Crippen LogP contribution in [0.3, 0.4) is 0 Å². The average molecular weight is 412 g/mol. The average Bonchev–Trinajstić information content (AvgIpc) is 2.27. The minimum absolute atomic E-state index is 0.0750. The summed E-state index contributed by atoms with van der Waals surface area (Å²) in [6.45, 7) is 0. The van der Waals surface area contributed by atoms with E-state index in [-0.39, 0.29) is 7.11 Å². The number of hydrogen-bond acceptors (Lipinski definition) is 4. The molecule has 0 unspecified atom stereocenters. The second kappa shape index (κ2) is 6.88. The number of phosphoric ester groups is 1. The molecule has 24 heavy (non-hydrogen) atoms. The molecule has 0 rings (SSSR count). The Morgan fingerprint density at radius 1 is 0.625 bits per heavy atom. The van der Waals surface area contributed by atoms with Gasteiger partial charge < -0.3 is 0 Å². The van der Waals surface area contributed by atoms with Crippen LogP contribution in [0.15, 0.2) is 0 Å². The molecule has 0 heterocycles. The van der Waals surface area contributed by atoms with Crippen LogP contribution in [0.4, 0.5) is 52.7 Å². The minimum Gasteiger partial charge on any atom is -0.290 e. The molecule has 0 saturated heterocycles. The minimum atomic E-state index is -6.58. The van der Waals surface area contributed by atoms with Crippen LogP contribution in [-0.2, 0) is 18.1 Å². The largest absolute Gasteiger partial charge is 0.476 e. The van der Waals surface area contributed by atoms with Crippen molar-refractivity contribution in [1.29, 1.82) is 0 Å². The third-order valence-electron chi connectivity index (χ3n) is 1.88. The molecule has 0 aromatic heterocycles. The summed E-state index contributed by atoms with van der Waals surface area (Å²) in [5.74, 6) is 0. The van der Waals surface area contributed by atoms with E-state index in [2.05, 4.69) is 13.6 Å². The SMILES string of the molecule is COP(=O)(OC(C(F)(F)F)C(F)(F)F)OC(C(F)(F)F)C(F)(F)F. The monoisotopic (exact) mass is 412 g/mol. The van der Waals surface area contributed by atoms with Gasteiger partial charge in [0.1, 0.15) is 0 Å². The zero-order chi connectivity index (χ0) is 19.8. The molecule has 0 aliphatic carbocycles. The molecule has 0 fully saturated rings. The predicted octanol–water partition coefficient (Wildman–Crippen LogP) is 4.76. The Labute approximate surface area is 124 Å². The molecular formula is C7H5F12O4P. The molecule has 0 saturated carbocycles. The van der Waals surface area contributed by atoms with Crippen molar-refractivity contribution in [3.8, 4) is 0 Å². The number of phosphoric acid groups is 1. The van der Waals surface area contributed by atoms with Gasteiger partial charge in [0.25, 0.3) is 12.2 Å². The van der Waals surface area contributed by atoms with Gasteiger partial charge in [-0.05, 0) is 0 Å². The third kappa shape index (κ3) is 6.64. The van der Waals surface area contributed by atoms with Gasteiger partial charge in [-0.2, -0.15) is 52.7 Å². The lowest BCUT2D eigenvalue weighted by Gasteiger charge is -2.29. The first-order valence-electron chi connectivity index (χ1n) is 5.03. The summed E-state index contributed by atoms with van der Waals surface area (Å²) < 4.78 is 166. The van der Waals surface area contributed by atoms with E-state index in [4.69, 9.17) is 0 Å². The molecule has 0 radical (unpaired) electrons. The van der Waals surface area contributed by atoms with Crippen molar-refractivity contribution in [2.45, 2.75) is 36.9 Å². The first kappa shape index (κ1) is 23.3. The topological polar surface area (TPSA) is 44.8 Å². The zero-order valence-corrected chi connectivity index (χ0v) is 11.7. The summed E-state index contributed by atoms with van der Waals surface area (Å²) in [6, 6.07) is 0. The molecule has 0 aliphatic heterocycles. The molecule has 0 atom stereocenters. The van der Waals surface area contributed by atoms with Crippen LogP contribution in [0.25, 0.3) is 0 Å². The highest BCUT2D eigenvalue weighted by atomic mass is 31.2.